The van der Waals surface area contributed by atoms with Gasteiger partial charge in [0.1, 0.15) is 0 Å². The molecule has 3 N–H and O–H groups in total. The highest BCUT2D eigenvalue weighted by molar-refractivity contribution is 7.87. The zero-order valence-corrected chi connectivity index (χ0v) is 12.3. The van der Waals surface area contributed by atoms with Crippen LogP contribution < -0.4 is 10.5 Å². The second-order valence-electron chi connectivity index (χ2n) is 5.00. The van der Waals surface area contributed by atoms with Gasteiger partial charge in [-0.3, -0.25) is 0 Å². The first-order valence-electron chi connectivity index (χ1n) is 6.53. The Hall–Kier alpha value is -0.860. The van der Waals surface area contributed by atoms with Crippen LogP contribution >= 0.6 is 0 Å². The molecule has 7 nitrogen and oxygen atoms in total. The van der Waals surface area contributed by atoms with Crippen molar-refractivity contribution in [3.63, 3.8) is 0 Å². The lowest BCUT2D eigenvalue weighted by Gasteiger charge is -2.31. The number of hydrogen-bond donors (Lipinski definition) is 2. The van der Waals surface area contributed by atoms with Crippen LogP contribution in [0.2, 0.25) is 0 Å². The molecule has 0 aliphatic carbocycles. The fourth-order valence-electron chi connectivity index (χ4n) is 2.12. The van der Waals surface area contributed by atoms with Crippen molar-refractivity contribution in [1.82, 2.24) is 9.03 Å². The normalized spacial score (nSPS) is 21.4. The number of carbonyl (C=O) groups excluding carboxylic acids is 1. The summed E-state index contributed by atoms with van der Waals surface area (Å²) in [6.45, 7) is 4.68. The Morgan fingerprint density at radius 1 is 1.53 bits per heavy atom. The zero-order chi connectivity index (χ0) is 14.5. The van der Waals surface area contributed by atoms with Crippen LogP contribution in [0.15, 0.2) is 0 Å². The van der Waals surface area contributed by atoms with Crippen LogP contribution in [0.4, 0.5) is 4.79 Å². The van der Waals surface area contributed by atoms with Gasteiger partial charge in [0.05, 0.1) is 6.10 Å². The highest BCUT2D eigenvalue weighted by Crippen LogP contribution is 2.20. The van der Waals surface area contributed by atoms with Gasteiger partial charge in [0, 0.05) is 13.1 Å². The summed E-state index contributed by atoms with van der Waals surface area (Å²) in [6, 6.07) is 0. The van der Waals surface area contributed by atoms with E-state index >= 15 is 0 Å². The maximum Gasteiger partial charge on any atom is 0.422 e. The monoisotopic (exact) mass is 293 g/mol. The van der Waals surface area contributed by atoms with Crippen LogP contribution in [0.25, 0.3) is 0 Å². The fourth-order valence-corrected chi connectivity index (χ4v) is 3.29. The number of nitrogens with zero attached hydrogens (tertiary/aromatic N) is 1. The van der Waals surface area contributed by atoms with Gasteiger partial charge in [-0.05, 0) is 45.6 Å². The summed E-state index contributed by atoms with van der Waals surface area (Å²) in [5.41, 5.74) is 5.49. The topological polar surface area (TPSA) is 102 Å². The molecule has 0 saturated carbocycles. The molecule has 1 amide bonds. The summed E-state index contributed by atoms with van der Waals surface area (Å²) in [4.78, 5) is 11.4. The summed E-state index contributed by atoms with van der Waals surface area (Å²) in [5, 5.41) is 0. The van der Waals surface area contributed by atoms with Crippen molar-refractivity contribution in [3.8, 4) is 0 Å². The quantitative estimate of drug-likeness (QED) is 0.765. The molecule has 0 aromatic carbocycles. The molecule has 1 saturated heterocycles. The van der Waals surface area contributed by atoms with E-state index in [1.807, 2.05) is 4.72 Å². The van der Waals surface area contributed by atoms with Gasteiger partial charge in [-0.15, -0.1) is 0 Å². The van der Waals surface area contributed by atoms with E-state index in [9.17, 15) is 13.2 Å². The lowest BCUT2D eigenvalue weighted by atomic mass is 9.96. The van der Waals surface area contributed by atoms with E-state index in [0.29, 0.717) is 19.6 Å². The molecule has 19 heavy (non-hydrogen) atoms. The summed E-state index contributed by atoms with van der Waals surface area (Å²) in [7, 11) is -3.81. The van der Waals surface area contributed by atoms with Crippen LogP contribution in [0, 0.1) is 5.92 Å². The van der Waals surface area contributed by atoms with Gasteiger partial charge in [0.15, 0.2) is 0 Å². The summed E-state index contributed by atoms with van der Waals surface area (Å²) in [6.07, 6.45) is 1.25. The SMILES string of the molecule is CC(C)OC(=O)NS(=O)(=O)N1CCCC(CCN)C1. The summed E-state index contributed by atoms with van der Waals surface area (Å²) >= 11 is 0. The molecule has 1 fully saturated rings. The van der Waals surface area contributed by atoms with E-state index in [-0.39, 0.29) is 12.0 Å². The standard InChI is InChI=1S/C11H23N3O4S/c1-9(2)18-11(15)13-19(16,17)14-7-3-4-10(8-14)5-6-12/h9-10H,3-8,12H2,1-2H3,(H,13,15). The van der Waals surface area contributed by atoms with E-state index in [1.54, 1.807) is 13.8 Å². The third kappa shape index (κ3) is 5.33. The highest BCUT2D eigenvalue weighted by Gasteiger charge is 2.30. The molecule has 0 radical (unpaired) electrons. The lowest BCUT2D eigenvalue weighted by Crippen LogP contribution is -2.48. The Kier molecular flexibility index (Phi) is 6.02. The van der Waals surface area contributed by atoms with E-state index in [1.165, 1.54) is 4.31 Å². The minimum absolute atomic E-state index is 0.261. The van der Waals surface area contributed by atoms with Crippen molar-refractivity contribution in [3.05, 3.63) is 0 Å². The van der Waals surface area contributed by atoms with Crippen molar-refractivity contribution < 1.29 is 17.9 Å². The Bertz CT molecular complexity index is 395. The van der Waals surface area contributed by atoms with Gasteiger partial charge in [-0.25, -0.2) is 9.52 Å². The van der Waals surface area contributed by atoms with Crippen LogP contribution in [0.1, 0.15) is 33.1 Å². The minimum atomic E-state index is -3.81. The molecule has 1 unspecified atom stereocenters. The Labute approximate surface area is 114 Å². The van der Waals surface area contributed by atoms with Gasteiger partial charge in [-0.2, -0.15) is 12.7 Å². The average molecular weight is 293 g/mol. The van der Waals surface area contributed by atoms with Crippen molar-refractivity contribution in [2.24, 2.45) is 11.7 Å². The van der Waals surface area contributed by atoms with Gasteiger partial charge in [0.25, 0.3) is 0 Å². The van der Waals surface area contributed by atoms with Crippen LogP contribution in [-0.4, -0.2) is 44.6 Å². The maximum absolute atomic E-state index is 12.0. The third-order valence-corrected chi connectivity index (χ3v) is 4.39. The van der Waals surface area contributed by atoms with E-state index in [4.69, 9.17) is 10.5 Å². The first-order valence-corrected chi connectivity index (χ1v) is 7.97. The Morgan fingerprint density at radius 3 is 2.79 bits per heavy atom. The number of amides is 1. The van der Waals surface area contributed by atoms with Crippen molar-refractivity contribution >= 4 is 16.3 Å². The Morgan fingerprint density at radius 2 is 2.21 bits per heavy atom. The van der Waals surface area contributed by atoms with Crippen molar-refractivity contribution in [2.75, 3.05) is 19.6 Å². The van der Waals surface area contributed by atoms with Gasteiger partial charge >= 0.3 is 16.3 Å². The molecule has 1 atom stereocenters. The number of piperidine rings is 1. The number of ether oxygens (including phenoxy) is 1. The molecule has 8 heteroatoms. The molecule has 0 aromatic heterocycles. The second kappa shape index (κ2) is 7.06. The van der Waals surface area contributed by atoms with E-state index in [0.717, 1.165) is 19.3 Å². The number of hydrogen-bond acceptors (Lipinski definition) is 5. The molecule has 1 rings (SSSR count). The smallest absolute Gasteiger partial charge is 0.422 e. The predicted octanol–water partition coefficient (Wildman–Crippen LogP) is 0.427. The largest absolute Gasteiger partial charge is 0.446 e. The number of rotatable bonds is 5. The third-order valence-electron chi connectivity index (χ3n) is 2.95. The number of nitrogens with two attached hydrogens (primary N) is 1. The first kappa shape index (κ1) is 16.2. The van der Waals surface area contributed by atoms with Crippen molar-refractivity contribution in [2.45, 2.75) is 39.2 Å². The zero-order valence-electron chi connectivity index (χ0n) is 11.5. The minimum Gasteiger partial charge on any atom is -0.446 e. The predicted molar refractivity (Wildman–Crippen MR) is 71.6 cm³/mol. The molecule has 1 aliphatic heterocycles. The molecular weight excluding hydrogens is 270 g/mol. The molecule has 1 heterocycles. The summed E-state index contributed by atoms with van der Waals surface area (Å²) < 4.78 is 32.0. The maximum atomic E-state index is 12.0. The van der Waals surface area contributed by atoms with E-state index in [2.05, 4.69) is 0 Å². The molecule has 112 valence electrons. The molecule has 0 bridgehead atoms. The van der Waals surface area contributed by atoms with Gasteiger partial charge in [0.2, 0.25) is 0 Å². The molecule has 0 aromatic rings. The molecular formula is C11H23N3O4S. The first-order chi connectivity index (χ1) is 8.85. The molecule has 1 aliphatic rings. The van der Waals surface area contributed by atoms with E-state index < -0.39 is 16.3 Å². The highest BCUT2D eigenvalue weighted by atomic mass is 32.2. The fraction of sp³-hybridized carbons (Fsp3) is 0.909. The van der Waals surface area contributed by atoms with Crippen LogP contribution in [0.3, 0.4) is 0 Å². The van der Waals surface area contributed by atoms with Crippen LogP contribution in [-0.2, 0) is 14.9 Å². The lowest BCUT2D eigenvalue weighted by molar-refractivity contribution is 0.120. The Balaban J connectivity index is 2.58. The van der Waals surface area contributed by atoms with Gasteiger partial charge < -0.3 is 10.5 Å². The summed E-state index contributed by atoms with van der Waals surface area (Å²) in [5.74, 6) is 0.261. The van der Waals surface area contributed by atoms with Crippen LogP contribution in [0.5, 0.6) is 0 Å². The second-order valence-corrected chi connectivity index (χ2v) is 6.68. The average Bonchev–Trinajstić information content (AvgIpc) is 2.27. The van der Waals surface area contributed by atoms with Crippen molar-refractivity contribution in [1.29, 1.82) is 0 Å². The molecule has 0 spiro atoms. The van der Waals surface area contributed by atoms with Gasteiger partial charge in [-0.1, -0.05) is 0 Å². The number of carbonyl (C=O) groups is 1. The number of nitrogens with one attached hydrogen (secondary N) is 1.